The van der Waals surface area contributed by atoms with Gasteiger partial charge in [-0.15, -0.1) is 0 Å². The van der Waals surface area contributed by atoms with Crippen LogP contribution in [0.25, 0.3) is 22.2 Å². The normalized spacial score (nSPS) is 20.4. The Balaban J connectivity index is 1.49. The average Bonchev–Trinajstić information content (AvgIpc) is 3.14. The second kappa shape index (κ2) is 7.66. The first kappa shape index (κ1) is 21.6. The second-order valence-electron chi connectivity index (χ2n) is 9.63. The van der Waals surface area contributed by atoms with Crippen LogP contribution in [0.5, 0.6) is 5.75 Å². The van der Waals surface area contributed by atoms with Gasteiger partial charge in [0.2, 0.25) is 0 Å². The van der Waals surface area contributed by atoms with Gasteiger partial charge in [0.1, 0.15) is 11.3 Å². The van der Waals surface area contributed by atoms with Gasteiger partial charge in [-0.3, -0.25) is 4.79 Å². The van der Waals surface area contributed by atoms with Crippen LogP contribution in [0.15, 0.2) is 40.9 Å². The maximum absolute atomic E-state index is 12.8. The van der Waals surface area contributed by atoms with Gasteiger partial charge in [0.05, 0.1) is 10.7 Å². The summed E-state index contributed by atoms with van der Waals surface area (Å²) in [4.78, 5) is 27.5. The number of likely N-dealkylation sites (tertiary alicyclic amines) is 1. The summed E-state index contributed by atoms with van der Waals surface area (Å²) in [5, 5.41) is 14.9. The number of nitrogens with zero attached hydrogens (tertiary/aromatic N) is 3. The molecule has 5 rings (SSSR count). The monoisotopic (exact) mass is 469 g/mol. The molecule has 8 nitrogen and oxygen atoms in total. The van der Waals surface area contributed by atoms with Gasteiger partial charge in [0.15, 0.2) is 12.4 Å². The van der Waals surface area contributed by atoms with E-state index in [1.165, 1.54) is 4.90 Å². The Labute approximate surface area is 195 Å². The highest BCUT2D eigenvalue weighted by molar-refractivity contribution is 6.34. The molecule has 172 valence electrons. The summed E-state index contributed by atoms with van der Waals surface area (Å²) in [5.41, 5.74) is 1.67. The molecule has 2 unspecified atom stereocenters. The number of anilines is 1. The van der Waals surface area contributed by atoms with E-state index in [1.54, 1.807) is 17.0 Å². The van der Waals surface area contributed by atoms with Crippen molar-refractivity contribution in [3.63, 3.8) is 0 Å². The molecule has 0 bridgehead atoms. The van der Waals surface area contributed by atoms with Crippen LogP contribution in [-0.4, -0.2) is 52.9 Å². The number of aromatic nitrogens is 1. The number of carbonyl (C=O) groups excluding carboxylic acids is 1. The number of carbonyl (C=O) groups is 2. The Morgan fingerprint density at radius 3 is 2.76 bits per heavy atom. The molecule has 0 radical (unpaired) electrons. The van der Waals surface area contributed by atoms with E-state index in [4.69, 9.17) is 20.9 Å². The van der Waals surface area contributed by atoms with E-state index in [9.17, 15) is 14.7 Å². The molecule has 1 N–H and O–H groups in total. The number of benzene rings is 2. The van der Waals surface area contributed by atoms with Crippen LogP contribution in [0.2, 0.25) is 5.02 Å². The van der Waals surface area contributed by atoms with Crippen molar-refractivity contribution in [2.45, 2.75) is 26.8 Å². The Morgan fingerprint density at radius 2 is 2.03 bits per heavy atom. The zero-order chi connectivity index (χ0) is 23.5. The second-order valence-corrected chi connectivity index (χ2v) is 10.0. The van der Waals surface area contributed by atoms with E-state index in [1.807, 2.05) is 45.0 Å². The predicted octanol–water partition coefficient (Wildman–Crippen LogP) is 4.90. The van der Waals surface area contributed by atoms with Crippen LogP contribution in [0.1, 0.15) is 20.8 Å². The lowest BCUT2D eigenvalue weighted by Crippen LogP contribution is -2.66. The number of fused-ring (bicyclic) bond motifs is 2. The molecule has 2 aliphatic rings. The minimum atomic E-state index is -0.938. The number of rotatable bonds is 3. The first-order valence-electron chi connectivity index (χ1n) is 10.8. The quantitative estimate of drug-likeness (QED) is 0.586. The van der Waals surface area contributed by atoms with Crippen molar-refractivity contribution in [3.8, 4) is 17.1 Å². The summed E-state index contributed by atoms with van der Waals surface area (Å²) in [6, 6.07) is 10.8. The van der Waals surface area contributed by atoms with Gasteiger partial charge in [-0.1, -0.05) is 49.7 Å². The van der Waals surface area contributed by atoms with E-state index < -0.39 is 6.09 Å². The molecule has 3 aromatic rings. The zero-order valence-electron chi connectivity index (χ0n) is 18.5. The van der Waals surface area contributed by atoms with E-state index in [2.05, 4.69) is 5.16 Å². The highest BCUT2D eigenvalue weighted by Crippen LogP contribution is 2.44. The first-order chi connectivity index (χ1) is 15.6. The molecule has 0 spiro atoms. The van der Waals surface area contributed by atoms with Crippen molar-refractivity contribution in [2.75, 3.05) is 24.6 Å². The topological polar surface area (TPSA) is 96.1 Å². The van der Waals surface area contributed by atoms with Gasteiger partial charge in [-0.05, 0) is 29.7 Å². The highest BCUT2D eigenvalue weighted by atomic mass is 35.5. The van der Waals surface area contributed by atoms with Gasteiger partial charge in [-0.25, -0.2) is 4.79 Å². The lowest BCUT2D eigenvalue weighted by molar-refractivity contribution is -0.122. The molecule has 1 aromatic heterocycles. The standard InChI is InChI=1S/C24H24ClN3O5/c1-24(2,3)22-13(11-28(22)23(30)31)10-27-18-9-16(25)15(8-19(18)32-12-20(27)29)21-14-6-4-5-7-17(14)26-33-21/h4-9,13,22H,10-12H2,1-3H3,(H,30,31). The Morgan fingerprint density at radius 1 is 1.27 bits per heavy atom. The molecule has 1 saturated heterocycles. The van der Waals surface area contributed by atoms with E-state index >= 15 is 0 Å². The third-order valence-corrected chi connectivity index (χ3v) is 6.70. The fraction of sp³-hybridized carbons (Fsp3) is 0.375. The predicted molar refractivity (Wildman–Crippen MR) is 124 cm³/mol. The molecule has 2 atom stereocenters. The number of amides is 2. The lowest BCUT2D eigenvalue weighted by atomic mass is 9.72. The summed E-state index contributed by atoms with van der Waals surface area (Å²) in [5.74, 6) is 0.885. The highest BCUT2D eigenvalue weighted by Gasteiger charge is 2.49. The number of hydrogen-bond acceptors (Lipinski definition) is 5. The Bertz CT molecular complexity index is 1260. The lowest BCUT2D eigenvalue weighted by Gasteiger charge is -2.54. The van der Waals surface area contributed by atoms with E-state index in [0.717, 1.165) is 10.9 Å². The average molecular weight is 470 g/mol. The molecular formula is C24H24ClN3O5. The summed E-state index contributed by atoms with van der Waals surface area (Å²) in [6.07, 6.45) is -0.938. The number of halogens is 1. The smallest absolute Gasteiger partial charge is 0.407 e. The van der Waals surface area contributed by atoms with Crippen molar-refractivity contribution in [2.24, 2.45) is 11.3 Å². The molecule has 0 saturated carbocycles. The molecule has 3 heterocycles. The van der Waals surface area contributed by atoms with Gasteiger partial charge >= 0.3 is 6.09 Å². The summed E-state index contributed by atoms with van der Waals surface area (Å²) in [6.45, 7) is 6.72. The van der Waals surface area contributed by atoms with Gasteiger partial charge in [-0.2, -0.15) is 0 Å². The van der Waals surface area contributed by atoms with Crippen molar-refractivity contribution in [3.05, 3.63) is 41.4 Å². The van der Waals surface area contributed by atoms with Crippen LogP contribution in [0.3, 0.4) is 0 Å². The molecule has 2 aliphatic heterocycles. The molecular weight excluding hydrogens is 446 g/mol. The van der Waals surface area contributed by atoms with Crippen molar-refractivity contribution >= 4 is 40.2 Å². The molecule has 9 heteroatoms. The molecule has 2 amide bonds. The van der Waals surface area contributed by atoms with Gasteiger partial charge in [0.25, 0.3) is 5.91 Å². The summed E-state index contributed by atoms with van der Waals surface area (Å²) < 4.78 is 11.3. The third kappa shape index (κ3) is 3.58. The minimum Gasteiger partial charge on any atom is -0.482 e. The van der Waals surface area contributed by atoms with E-state index in [0.29, 0.717) is 40.9 Å². The van der Waals surface area contributed by atoms with Crippen molar-refractivity contribution in [1.29, 1.82) is 0 Å². The maximum Gasteiger partial charge on any atom is 0.407 e. The van der Waals surface area contributed by atoms with E-state index in [-0.39, 0.29) is 29.9 Å². The summed E-state index contributed by atoms with van der Waals surface area (Å²) >= 11 is 6.65. The third-order valence-electron chi connectivity index (χ3n) is 6.38. The largest absolute Gasteiger partial charge is 0.482 e. The number of hydrogen-bond donors (Lipinski definition) is 1. The van der Waals surface area contributed by atoms with Crippen LogP contribution >= 0.6 is 11.6 Å². The fourth-order valence-corrected chi connectivity index (χ4v) is 5.27. The minimum absolute atomic E-state index is 0.00710. The first-order valence-corrected chi connectivity index (χ1v) is 11.1. The van der Waals surface area contributed by atoms with Crippen LogP contribution in [0, 0.1) is 11.3 Å². The maximum atomic E-state index is 12.8. The van der Waals surface area contributed by atoms with Gasteiger partial charge < -0.3 is 24.2 Å². The number of carboxylic acid groups (broad SMARTS) is 1. The van der Waals surface area contributed by atoms with Crippen molar-refractivity contribution < 1.29 is 24.0 Å². The zero-order valence-corrected chi connectivity index (χ0v) is 19.3. The summed E-state index contributed by atoms with van der Waals surface area (Å²) in [7, 11) is 0. The molecule has 1 fully saturated rings. The molecule has 0 aliphatic carbocycles. The van der Waals surface area contributed by atoms with Gasteiger partial charge in [0, 0.05) is 36.0 Å². The number of ether oxygens (including phenoxy) is 1. The molecule has 2 aromatic carbocycles. The Hall–Kier alpha value is -3.26. The fourth-order valence-electron chi connectivity index (χ4n) is 5.03. The van der Waals surface area contributed by atoms with Crippen LogP contribution in [-0.2, 0) is 4.79 Å². The Kier molecular flexibility index (Phi) is 5.01. The van der Waals surface area contributed by atoms with Crippen LogP contribution in [0.4, 0.5) is 10.5 Å². The SMILES string of the molecule is CC(C)(C)C1C(CN2C(=O)COc3cc(-c4onc5ccccc45)c(Cl)cc32)CN1C(=O)O. The molecule has 33 heavy (non-hydrogen) atoms. The van der Waals surface area contributed by atoms with Crippen molar-refractivity contribution in [1.82, 2.24) is 10.1 Å². The van der Waals surface area contributed by atoms with Crippen LogP contribution < -0.4 is 9.64 Å².